The number of nitro groups is 1. The predicted molar refractivity (Wildman–Crippen MR) is 63.1 cm³/mol. The summed E-state index contributed by atoms with van der Waals surface area (Å²) in [4.78, 5) is 29.3. The molecular weight excluding hydrogens is 236 g/mol. The number of hydrogen-bond donors (Lipinski definition) is 1. The molecule has 0 spiro atoms. The molecule has 7 heteroatoms. The van der Waals surface area contributed by atoms with Crippen molar-refractivity contribution in [2.24, 2.45) is 0 Å². The lowest BCUT2D eigenvalue weighted by Crippen LogP contribution is -2.13. The third kappa shape index (κ3) is 2.64. The Morgan fingerprint density at radius 3 is 2.33 bits per heavy atom. The van der Waals surface area contributed by atoms with E-state index < -0.39 is 10.8 Å². The van der Waals surface area contributed by atoms with Gasteiger partial charge >= 0.3 is 0 Å². The van der Waals surface area contributed by atoms with Gasteiger partial charge in [0.1, 0.15) is 0 Å². The van der Waals surface area contributed by atoms with Crippen LogP contribution in [0.4, 0.5) is 11.6 Å². The molecule has 0 unspecified atom stereocenters. The van der Waals surface area contributed by atoms with Crippen LogP contribution < -0.4 is 5.32 Å². The molecule has 0 fully saturated rings. The highest BCUT2D eigenvalue weighted by Gasteiger charge is 2.10. The minimum Gasteiger partial charge on any atom is -0.290 e. The van der Waals surface area contributed by atoms with Crippen molar-refractivity contribution in [3.8, 4) is 0 Å². The van der Waals surface area contributed by atoms with E-state index in [0.717, 1.165) is 0 Å². The summed E-state index contributed by atoms with van der Waals surface area (Å²) < 4.78 is 0. The van der Waals surface area contributed by atoms with Crippen molar-refractivity contribution in [2.75, 3.05) is 5.32 Å². The van der Waals surface area contributed by atoms with E-state index >= 15 is 0 Å². The Kier molecular flexibility index (Phi) is 3.24. The molecule has 1 aromatic carbocycles. The van der Waals surface area contributed by atoms with Gasteiger partial charge in [0.2, 0.25) is 5.95 Å². The second kappa shape index (κ2) is 5.00. The molecule has 0 aliphatic heterocycles. The van der Waals surface area contributed by atoms with E-state index in [-0.39, 0.29) is 11.6 Å². The topological polar surface area (TPSA) is 98.0 Å². The van der Waals surface area contributed by atoms with Crippen molar-refractivity contribution >= 4 is 17.5 Å². The standard InChI is InChI=1S/C11H8N4O3/c16-10(14-11-12-6-1-7-13-11)8-2-4-9(5-3-8)15(17)18/h1-7H,(H,12,13,14,16). The van der Waals surface area contributed by atoms with E-state index in [4.69, 9.17) is 0 Å². The highest BCUT2D eigenvalue weighted by atomic mass is 16.6. The van der Waals surface area contributed by atoms with E-state index in [0.29, 0.717) is 5.56 Å². The number of rotatable bonds is 3. The fourth-order valence-electron chi connectivity index (χ4n) is 1.27. The smallest absolute Gasteiger partial charge is 0.269 e. The van der Waals surface area contributed by atoms with Gasteiger partial charge in [0.25, 0.3) is 11.6 Å². The highest BCUT2D eigenvalue weighted by Crippen LogP contribution is 2.12. The Morgan fingerprint density at radius 1 is 1.17 bits per heavy atom. The minimum absolute atomic E-state index is 0.0671. The van der Waals surface area contributed by atoms with Gasteiger partial charge in [0, 0.05) is 30.1 Å². The SMILES string of the molecule is O=C(Nc1ncccn1)c1ccc([N+](=O)[O-])cc1. The summed E-state index contributed by atoms with van der Waals surface area (Å²) in [6, 6.07) is 6.90. The lowest BCUT2D eigenvalue weighted by Gasteiger charge is -2.02. The van der Waals surface area contributed by atoms with Crippen molar-refractivity contribution in [1.29, 1.82) is 0 Å². The first-order valence-corrected chi connectivity index (χ1v) is 4.99. The number of hydrogen-bond acceptors (Lipinski definition) is 5. The van der Waals surface area contributed by atoms with Gasteiger partial charge in [0.15, 0.2) is 0 Å². The van der Waals surface area contributed by atoms with Crippen LogP contribution in [-0.4, -0.2) is 20.8 Å². The second-order valence-electron chi connectivity index (χ2n) is 3.33. The molecular formula is C11H8N4O3. The van der Waals surface area contributed by atoms with Crippen molar-refractivity contribution < 1.29 is 9.72 Å². The Morgan fingerprint density at radius 2 is 1.78 bits per heavy atom. The Labute approximate surface area is 102 Å². The average Bonchev–Trinajstić information content (AvgIpc) is 2.40. The molecule has 1 aromatic heterocycles. The summed E-state index contributed by atoms with van der Waals surface area (Å²) in [6.45, 7) is 0. The third-order valence-corrected chi connectivity index (χ3v) is 2.13. The highest BCUT2D eigenvalue weighted by molar-refractivity contribution is 6.03. The lowest BCUT2D eigenvalue weighted by molar-refractivity contribution is -0.384. The van der Waals surface area contributed by atoms with Crippen molar-refractivity contribution in [1.82, 2.24) is 9.97 Å². The molecule has 1 amide bonds. The zero-order chi connectivity index (χ0) is 13.0. The van der Waals surface area contributed by atoms with E-state index in [1.807, 2.05) is 0 Å². The first-order chi connectivity index (χ1) is 8.66. The maximum absolute atomic E-state index is 11.7. The number of nitrogens with zero attached hydrogens (tertiary/aromatic N) is 3. The number of aromatic nitrogens is 2. The van der Waals surface area contributed by atoms with Gasteiger partial charge in [0.05, 0.1) is 4.92 Å². The number of anilines is 1. The van der Waals surface area contributed by atoms with Gasteiger partial charge in [-0.25, -0.2) is 9.97 Å². The number of carbonyl (C=O) groups is 1. The van der Waals surface area contributed by atoms with Gasteiger partial charge in [-0.1, -0.05) is 0 Å². The molecule has 2 aromatic rings. The van der Waals surface area contributed by atoms with Crippen molar-refractivity contribution in [3.05, 3.63) is 58.4 Å². The molecule has 0 atom stereocenters. The number of carbonyl (C=O) groups excluding carboxylic acids is 1. The molecule has 7 nitrogen and oxygen atoms in total. The van der Waals surface area contributed by atoms with E-state index in [2.05, 4.69) is 15.3 Å². The zero-order valence-corrected chi connectivity index (χ0v) is 9.11. The molecule has 1 N–H and O–H groups in total. The van der Waals surface area contributed by atoms with E-state index in [1.165, 1.54) is 36.7 Å². The summed E-state index contributed by atoms with van der Waals surface area (Å²) in [6.07, 6.45) is 3.00. The molecule has 0 bridgehead atoms. The quantitative estimate of drug-likeness (QED) is 0.653. The first-order valence-electron chi connectivity index (χ1n) is 4.99. The van der Waals surface area contributed by atoms with Crippen LogP contribution in [0.5, 0.6) is 0 Å². The van der Waals surface area contributed by atoms with Gasteiger partial charge in [-0.15, -0.1) is 0 Å². The molecule has 0 radical (unpaired) electrons. The number of non-ortho nitro benzene ring substituents is 1. The van der Waals surface area contributed by atoms with Gasteiger partial charge in [-0.3, -0.25) is 20.2 Å². The normalized spacial score (nSPS) is 9.78. The van der Waals surface area contributed by atoms with Gasteiger partial charge < -0.3 is 0 Å². The summed E-state index contributed by atoms with van der Waals surface area (Å²) in [5, 5.41) is 12.9. The monoisotopic (exact) mass is 244 g/mol. The number of nitrogens with one attached hydrogen (secondary N) is 1. The first kappa shape index (κ1) is 11.6. The van der Waals surface area contributed by atoms with Crippen LogP contribution in [0.25, 0.3) is 0 Å². The minimum atomic E-state index is -0.526. The number of amides is 1. The summed E-state index contributed by atoms with van der Waals surface area (Å²) in [5.74, 6) is -0.239. The maximum Gasteiger partial charge on any atom is 0.269 e. The van der Waals surface area contributed by atoms with Gasteiger partial charge in [-0.2, -0.15) is 0 Å². The molecule has 1 heterocycles. The molecule has 0 aliphatic rings. The molecule has 18 heavy (non-hydrogen) atoms. The van der Waals surface area contributed by atoms with E-state index in [9.17, 15) is 14.9 Å². The summed E-state index contributed by atoms with van der Waals surface area (Å²) >= 11 is 0. The van der Waals surface area contributed by atoms with E-state index in [1.54, 1.807) is 6.07 Å². The number of nitro benzene ring substituents is 1. The number of benzene rings is 1. The van der Waals surface area contributed by atoms with Crippen LogP contribution in [0, 0.1) is 10.1 Å². The van der Waals surface area contributed by atoms with Crippen LogP contribution in [0.2, 0.25) is 0 Å². The molecule has 2 rings (SSSR count). The van der Waals surface area contributed by atoms with Crippen LogP contribution in [0.15, 0.2) is 42.7 Å². The molecule has 0 saturated carbocycles. The maximum atomic E-state index is 11.7. The second-order valence-corrected chi connectivity index (χ2v) is 3.33. The van der Waals surface area contributed by atoms with Crippen LogP contribution in [-0.2, 0) is 0 Å². The van der Waals surface area contributed by atoms with Crippen LogP contribution in [0.3, 0.4) is 0 Å². The average molecular weight is 244 g/mol. The lowest BCUT2D eigenvalue weighted by atomic mass is 10.2. The zero-order valence-electron chi connectivity index (χ0n) is 9.11. The summed E-state index contributed by atoms with van der Waals surface area (Å²) in [7, 11) is 0. The molecule has 0 aliphatic carbocycles. The third-order valence-electron chi connectivity index (χ3n) is 2.13. The Bertz CT molecular complexity index is 569. The van der Waals surface area contributed by atoms with Crippen molar-refractivity contribution in [2.45, 2.75) is 0 Å². The fraction of sp³-hybridized carbons (Fsp3) is 0. The van der Waals surface area contributed by atoms with Gasteiger partial charge in [-0.05, 0) is 18.2 Å². The Balaban J connectivity index is 2.12. The fourth-order valence-corrected chi connectivity index (χ4v) is 1.27. The Hall–Kier alpha value is -2.83. The van der Waals surface area contributed by atoms with Crippen LogP contribution >= 0.6 is 0 Å². The molecule has 90 valence electrons. The molecule has 0 saturated heterocycles. The predicted octanol–water partition coefficient (Wildman–Crippen LogP) is 1.64. The van der Waals surface area contributed by atoms with Crippen molar-refractivity contribution in [3.63, 3.8) is 0 Å². The van der Waals surface area contributed by atoms with Crippen LogP contribution in [0.1, 0.15) is 10.4 Å². The summed E-state index contributed by atoms with van der Waals surface area (Å²) in [5.41, 5.74) is 0.232. The largest absolute Gasteiger partial charge is 0.290 e.